The minimum atomic E-state index is -1.15. The van der Waals surface area contributed by atoms with Crippen LogP contribution >= 0.6 is 0 Å². The molecule has 1 saturated heterocycles. The Balaban J connectivity index is 1.95. The number of hydrogen-bond donors (Lipinski definition) is 1. The van der Waals surface area contributed by atoms with E-state index >= 15 is 0 Å². The maximum atomic E-state index is 13.9. The van der Waals surface area contributed by atoms with E-state index in [4.69, 9.17) is 0 Å². The van der Waals surface area contributed by atoms with Crippen molar-refractivity contribution in [2.45, 2.75) is 19.9 Å². The molecule has 1 aliphatic rings. The number of rotatable bonds is 3. The van der Waals surface area contributed by atoms with Crippen LogP contribution in [-0.2, 0) is 9.59 Å². The molecule has 31 heavy (non-hydrogen) atoms. The lowest BCUT2D eigenvalue weighted by atomic mass is 9.95. The Morgan fingerprint density at radius 1 is 1.00 bits per heavy atom. The number of carbonyl (C=O) groups is 2. The van der Waals surface area contributed by atoms with Crippen molar-refractivity contribution in [3.8, 4) is 0 Å². The Hall–Kier alpha value is -3.87. The molecule has 1 aromatic heterocycles. The smallest absolute Gasteiger partial charge is 0.300 e. The zero-order valence-electron chi connectivity index (χ0n) is 16.8. The minimum absolute atomic E-state index is 0.00557. The summed E-state index contributed by atoms with van der Waals surface area (Å²) in [5, 5.41) is 11.0. The second-order valence-corrected chi connectivity index (χ2v) is 7.35. The number of aromatic nitrogens is 1. The number of benzene rings is 2. The first-order chi connectivity index (χ1) is 14.8. The second-order valence-electron chi connectivity index (χ2n) is 7.35. The number of anilines is 1. The normalized spacial score (nSPS) is 17.9. The number of aliphatic hydroxyl groups is 1. The largest absolute Gasteiger partial charge is 0.507 e. The molecule has 0 bridgehead atoms. The number of amides is 1. The maximum Gasteiger partial charge on any atom is 0.300 e. The molecule has 1 unspecified atom stereocenters. The Kier molecular flexibility index (Phi) is 5.10. The third-order valence-corrected chi connectivity index (χ3v) is 5.41. The van der Waals surface area contributed by atoms with Gasteiger partial charge in [-0.15, -0.1) is 0 Å². The molecule has 5 nitrogen and oxygen atoms in total. The molecule has 0 saturated carbocycles. The fourth-order valence-corrected chi connectivity index (χ4v) is 3.63. The van der Waals surface area contributed by atoms with E-state index in [0.29, 0.717) is 11.1 Å². The molecule has 1 atom stereocenters. The van der Waals surface area contributed by atoms with Crippen molar-refractivity contribution in [1.82, 2.24) is 4.98 Å². The highest BCUT2D eigenvalue weighted by molar-refractivity contribution is 6.51. The first kappa shape index (κ1) is 20.4. The monoisotopic (exact) mass is 420 g/mol. The number of carbonyl (C=O) groups excluding carboxylic acids is 2. The molecule has 2 aromatic carbocycles. The van der Waals surface area contributed by atoms with Crippen LogP contribution in [0.4, 0.5) is 14.5 Å². The molecule has 3 aromatic rings. The van der Waals surface area contributed by atoms with Crippen LogP contribution in [0, 0.1) is 25.5 Å². The molecule has 1 amide bonds. The second kappa shape index (κ2) is 7.75. The lowest BCUT2D eigenvalue weighted by Gasteiger charge is -2.25. The lowest BCUT2D eigenvalue weighted by molar-refractivity contribution is -0.132. The van der Waals surface area contributed by atoms with Crippen LogP contribution in [0.25, 0.3) is 5.76 Å². The molecule has 1 N–H and O–H groups in total. The number of pyridine rings is 1. The standard InChI is InChI=1S/C24H18F2N2O3/c1-13-5-6-15(10-14(13)2)22(29)20-21(16-4-3-9-27-12-16)28(24(31)23(20)30)17-7-8-18(25)19(26)11-17/h3-12,21,29H,1-2H3/b22-20+. The van der Waals surface area contributed by atoms with Gasteiger partial charge in [-0.05, 0) is 54.8 Å². The fourth-order valence-electron chi connectivity index (χ4n) is 3.63. The van der Waals surface area contributed by atoms with E-state index in [1.165, 1.54) is 18.5 Å². The Morgan fingerprint density at radius 3 is 2.42 bits per heavy atom. The van der Waals surface area contributed by atoms with Gasteiger partial charge in [0.25, 0.3) is 11.7 Å². The highest BCUT2D eigenvalue weighted by atomic mass is 19.2. The van der Waals surface area contributed by atoms with Gasteiger partial charge in [0.1, 0.15) is 5.76 Å². The van der Waals surface area contributed by atoms with Crippen molar-refractivity contribution < 1.29 is 23.5 Å². The molecule has 1 fully saturated rings. The lowest BCUT2D eigenvalue weighted by Crippen LogP contribution is -2.29. The zero-order chi connectivity index (χ0) is 22.3. The number of halogens is 2. The van der Waals surface area contributed by atoms with Gasteiger partial charge in [-0.25, -0.2) is 8.78 Å². The Labute approximate surface area is 177 Å². The first-order valence-corrected chi connectivity index (χ1v) is 9.53. The molecule has 0 radical (unpaired) electrons. The summed E-state index contributed by atoms with van der Waals surface area (Å²) in [6.07, 6.45) is 2.98. The van der Waals surface area contributed by atoms with E-state index in [9.17, 15) is 23.5 Å². The van der Waals surface area contributed by atoms with Crippen molar-refractivity contribution in [3.05, 3.63) is 100 Å². The average molecular weight is 420 g/mol. The summed E-state index contributed by atoms with van der Waals surface area (Å²) in [6, 6.07) is 10.3. The van der Waals surface area contributed by atoms with Crippen LogP contribution in [0.1, 0.15) is 28.3 Å². The summed E-state index contributed by atoms with van der Waals surface area (Å²) in [6.45, 7) is 3.78. The molecular formula is C24H18F2N2O3. The predicted molar refractivity (Wildman–Crippen MR) is 111 cm³/mol. The Bertz CT molecular complexity index is 1240. The van der Waals surface area contributed by atoms with Crippen molar-refractivity contribution in [2.24, 2.45) is 0 Å². The third kappa shape index (κ3) is 3.48. The first-order valence-electron chi connectivity index (χ1n) is 9.53. The SMILES string of the molecule is Cc1ccc(/C(O)=C2\C(=O)C(=O)N(c3ccc(F)c(F)c3)C2c2cccnc2)cc1C. The Morgan fingerprint density at radius 2 is 1.77 bits per heavy atom. The van der Waals surface area contributed by atoms with Crippen LogP contribution in [-0.4, -0.2) is 21.8 Å². The van der Waals surface area contributed by atoms with Crippen LogP contribution in [0.3, 0.4) is 0 Å². The summed E-state index contributed by atoms with van der Waals surface area (Å²) in [7, 11) is 0. The highest BCUT2D eigenvalue weighted by Gasteiger charge is 2.47. The van der Waals surface area contributed by atoms with Crippen LogP contribution in [0.5, 0.6) is 0 Å². The third-order valence-electron chi connectivity index (χ3n) is 5.41. The number of ketones is 1. The molecule has 0 aliphatic carbocycles. The number of aliphatic hydroxyl groups excluding tert-OH is 1. The van der Waals surface area contributed by atoms with Crippen LogP contribution < -0.4 is 4.90 Å². The molecule has 2 heterocycles. The van der Waals surface area contributed by atoms with Gasteiger partial charge in [0, 0.05) is 29.7 Å². The topological polar surface area (TPSA) is 70.5 Å². The molecular weight excluding hydrogens is 402 g/mol. The van der Waals surface area contributed by atoms with E-state index < -0.39 is 29.4 Å². The fraction of sp³-hybridized carbons (Fsp3) is 0.125. The van der Waals surface area contributed by atoms with E-state index in [-0.39, 0.29) is 17.0 Å². The van der Waals surface area contributed by atoms with Gasteiger partial charge in [0.2, 0.25) is 0 Å². The van der Waals surface area contributed by atoms with Crippen molar-refractivity contribution in [2.75, 3.05) is 4.90 Å². The number of nitrogens with zero attached hydrogens (tertiary/aromatic N) is 2. The molecule has 156 valence electrons. The maximum absolute atomic E-state index is 13.9. The van der Waals surface area contributed by atoms with Crippen LogP contribution in [0.2, 0.25) is 0 Å². The van der Waals surface area contributed by atoms with E-state index in [1.54, 1.807) is 30.3 Å². The van der Waals surface area contributed by atoms with Gasteiger partial charge in [0.15, 0.2) is 11.6 Å². The quantitative estimate of drug-likeness (QED) is 0.382. The van der Waals surface area contributed by atoms with Crippen molar-refractivity contribution in [1.29, 1.82) is 0 Å². The molecule has 0 spiro atoms. The summed E-state index contributed by atoms with van der Waals surface area (Å²) < 4.78 is 27.4. The minimum Gasteiger partial charge on any atom is -0.507 e. The van der Waals surface area contributed by atoms with Gasteiger partial charge in [-0.3, -0.25) is 19.5 Å². The van der Waals surface area contributed by atoms with Crippen molar-refractivity contribution >= 4 is 23.1 Å². The van der Waals surface area contributed by atoms with Gasteiger partial charge >= 0.3 is 0 Å². The average Bonchev–Trinajstić information content (AvgIpc) is 3.03. The van der Waals surface area contributed by atoms with Gasteiger partial charge in [-0.2, -0.15) is 0 Å². The number of Topliss-reactive ketones (excluding diaryl/α,β-unsaturated/α-hetero) is 1. The number of hydrogen-bond acceptors (Lipinski definition) is 4. The summed E-state index contributed by atoms with van der Waals surface area (Å²) in [5.74, 6) is -4.45. The van der Waals surface area contributed by atoms with E-state index in [2.05, 4.69) is 4.98 Å². The van der Waals surface area contributed by atoms with Gasteiger partial charge in [-0.1, -0.05) is 18.2 Å². The molecule has 4 rings (SSSR count). The van der Waals surface area contributed by atoms with E-state index in [1.807, 2.05) is 13.8 Å². The van der Waals surface area contributed by atoms with Crippen LogP contribution in [0.15, 0.2) is 66.5 Å². The highest BCUT2D eigenvalue weighted by Crippen LogP contribution is 2.42. The summed E-state index contributed by atoms with van der Waals surface area (Å²) >= 11 is 0. The van der Waals surface area contributed by atoms with E-state index in [0.717, 1.165) is 28.2 Å². The molecule has 7 heteroatoms. The molecule has 1 aliphatic heterocycles. The zero-order valence-corrected chi connectivity index (χ0v) is 16.8. The predicted octanol–water partition coefficient (Wildman–Crippen LogP) is 4.60. The number of aryl methyl sites for hydroxylation is 2. The van der Waals surface area contributed by atoms with Crippen molar-refractivity contribution in [3.63, 3.8) is 0 Å². The van der Waals surface area contributed by atoms with Gasteiger partial charge < -0.3 is 5.11 Å². The summed E-state index contributed by atoms with van der Waals surface area (Å²) in [4.78, 5) is 31.0. The van der Waals surface area contributed by atoms with Gasteiger partial charge in [0.05, 0.1) is 11.6 Å². The summed E-state index contributed by atoms with van der Waals surface area (Å²) in [5.41, 5.74) is 2.57.